The third-order valence-corrected chi connectivity index (χ3v) is 7.75. The van der Waals surface area contributed by atoms with Gasteiger partial charge in [-0.2, -0.15) is 0 Å². The van der Waals surface area contributed by atoms with Crippen LogP contribution in [0.4, 0.5) is 0 Å². The van der Waals surface area contributed by atoms with Gasteiger partial charge in [0.1, 0.15) is 0 Å². The zero-order valence-corrected chi connectivity index (χ0v) is 16.2. The number of hydrogen-bond donors (Lipinski definition) is 1. The minimum Gasteiger partial charge on any atom is -0.396 e. The van der Waals surface area contributed by atoms with Gasteiger partial charge < -0.3 is 5.11 Å². The molecule has 1 spiro atoms. The zero-order chi connectivity index (χ0) is 17.8. The molecule has 1 atom stereocenters. The average molecular weight is 338 g/mol. The number of nitroso groups, excluding NO2 is 1. The monoisotopic (exact) mass is 337 g/mol. The molecule has 0 aromatic carbocycles. The minimum absolute atomic E-state index is 0.0258. The maximum absolute atomic E-state index is 13.1. The summed E-state index contributed by atoms with van der Waals surface area (Å²) in [7, 11) is 0. The smallest absolute Gasteiger partial charge is 0.249 e. The van der Waals surface area contributed by atoms with Crippen molar-refractivity contribution in [2.45, 2.75) is 97.4 Å². The van der Waals surface area contributed by atoms with Gasteiger partial charge in [-0.05, 0) is 37.5 Å². The molecule has 2 aliphatic rings. The fourth-order valence-corrected chi connectivity index (χ4v) is 6.25. The van der Waals surface area contributed by atoms with Crippen molar-refractivity contribution in [1.82, 2.24) is 0 Å². The summed E-state index contributed by atoms with van der Waals surface area (Å²) < 4.78 is 0. The van der Waals surface area contributed by atoms with Gasteiger partial charge >= 0.3 is 0 Å². The highest BCUT2D eigenvalue weighted by Gasteiger charge is 2.65. The maximum Gasteiger partial charge on any atom is 0.249 e. The quantitative estimate of drug-likeness (QED) is 0.687. The van der Waals surface area contributed by atoms with Crippen molar-refractivity contribution in [2.24, 2.45) is 21.8 Å². The Morgan fingerprint density at radius 2 is 1.62 bits per heavy atom. The van der Waals surface area contributed by atoms with E-state index in [9.17, 15) is 10.0 Å². The number of aliphatic hydroxyl groups excluding tert-OH is 1. The lowest BCUT2D eigenvalue weighted by Gasteiger charge is -2.55. The first-order valence-corrected chi connectivity index (χ1v) is 10.2. The SMILES string of the molecule is CCC1(CC)[C@@H](CCO)C2(CCCCC2)C(CC)(CC)C=N[N+]1=O. The molecule has 1 aliphatic heterocycles. The fourth-order valence-electron chi connectivity index (χ4n) is 6.25. The second-order valence-corrected chi connectivity index (χ2v) is 7.97. The third kappa shape index (κ3) is 2.65. The molecule has 0 unspecified atom stereocenters. The van der Waals surface area contributed by atoms with Gasteiger partial charge in [0.15, 0.2) is 4.87 Å². The molecular formula is C20H37N2O2+. The van der Waals surface area contributed by atoms with Crippen molar-refractivity contribution in [3.05, 3.63) is 4.91 Å². The average Bonchev–Trinajstić information content (AvgIpc) is 2.70. The molecule has 1 fully saturated rings. The van der Waals surface area contributed by atoms with E-state index in [-0.39, 0.29) is 23.4 Å². The van der Waals surface area contributed by atoms with Crippen LogP contribution in [0.25, 0.3) is 0 Å². The highest BCUT2D eigenvalue weighted by atomic mass is 16.3. The Morgan fingerprint density at radius 3 is 2.08 bits per heavy atom. The van der Waals surface area contributed by atoms with E-state index in [1.165, 1.54) is 32.1 Å². The fraction of sp³-hybridized carbons (Fsp3) is 0.950. The molecule has 4 nitrogen and oxygen atoms in total. The first kappa shape index (κ1) is 19.6. The summed E-state index contributed by atoms with van der Waals surface area (Å²) in [6.07, 6.45) is 12.5. The second-order valence-electron chi connectivity index (χ2n) is 7.97. The summed E-state index contributed by atoms with van der Waals surface area (Å²) in [6, 6.07) is 0. The third-order valence-electron chi connectivity index (χ3n) is 7.75. The number of hydrogen-bond acceptors (Lipinski definition) is 2. The normalized spacial score (nSPS) is 28.0. The van der Waals surface area contributed by atoms with Crippen LogP contribution in [-0.2, 0) is 0 Å². The molecule has 1 aliphatic carbocycles. The summed E-state index contributed by atoms with van der Waals surface area (Å²) in [5.74, 6) is 0.199. The number of aliphatic hydroxyl groups is 1. The van der Waals surface area contributed by atoms with Crippen molar-refractivity contribution >= 4 is 6.21 Å². The maximum atomic E-state index is 13.1. The highest BCUT2D eigenvalue weighted by Crippen LogP contribution is 2.62. The molecular weight excluding hydrogens is 300 g/mol. The van der Waals surface area contributed by atoms with E-state index in [4.69, 9.17) is 0 Å². The zero-order valence-electron chi connectivity index (χ0n) is 16.2. The predicted octanol–water partition coefficient (Wildman–Crippen LogP) is 5.08. The molecule has 0 aromatic rings. The molecule has 2 rings (SSSR count). The van der Waals surface area contributed by atoms with Crippen molar-refractivity contribution in [3.63, 3.8) is 0 Å². The van der Waals surface area contributed by atoms with Gasteiger partial charge in [-0.15, -0.1) is 0 Å². The molecule has 138 valence electrons. The van der Waals surface area contributed by atoms with Gasteiger partial charge in [0.25, 0.3) is 0 Å². The largest absolute Gasteiger partial charge is 0.396 e. The summed E-state index contributed by atoms with van der Waals surface area (Å²) >= 11 is 0. The van der Waals surface area contributed by atoms with Gasteiger partial charge in [-0.1, -0.05) is 47.0 Å². The molecule has 0 saturated heterocycles. The van der Waals surface area contributed by atoms with Crippen LogP contribution in [0.5, 0.6) is 0 Å². The molecule has 0 radical (unpaired) electrons. The van der Waals surface area contributed by atoms with E-state index < -0.39 is 5.54 Å². The van der Waals surface area contributed by atoms with Crippen LogP contribution < -0.4 is 0 Å². The summed E-state index contributed by atoms with van der Waals surface area (Å²) in [5.41, 5.74) is -0.420. The molecule has 4 heteroatoms. The van der Waals surface area contributed by atoms with Gasteiger partial charge in [0.05, 0.1) is 11.1 Å². The molecule has 0 amide bonds. The second kappa shape index (κ2) is 7.63. The number of nitrogens with zero attached hydrogens (tertiary/aromatic N) is 2. The van der Waals surface area contributed by atoms with E-state index in [1.807, 2.05) is 6.21 Å². The lowest BCUT2D eigenvalue weighted by atomic mass is 9.46. The molecule has 1 N–H and O–H groups in total. The van der Waals surface area contributed by atoms with Gasteiger partial charge in [0, 0.05) is 35.9 Å². The Kier molecular flexibility index (Phi) is 6.22. The first-order valence-electron chi connectivity index (χ1n) is 10.2. The van der Waals surface area contributed by atoms with Crippen LogP contribution in [0.15, 0.2) is 5.10 Å². The standard InChI is InChI=1S/C20H37N2O2/c1-5-18(6-2)16-21-22(24)20(7-3,8-4)17(12-15-23)19(18)13-10-9-11-14-19/h16-17,23H,5-15H2,1-4H3/q+1/t17-/m0/s1. The molecule has 1 saturated carbocycles. The number of rotatable bonds is 6. The number of hydrazone groups is 1. The Hall–Kier alpha value is -0.770. The lowest BCUT2D eigenvalue weighted by molar-refractivity contribution is -0.646. The van der Waals surface area contributed by atoms with Gasteiger partial charge in [-0.3, -0.25) is 0 Å². The van der Waals surface area contributed by atoms with Crippen molar-refractivity contribution < 1.29 is 9.98 Å². The van der Waals surface area contributed by atoms with Gasteiger partial charge in [0.2, 0.25) is 5.54 Å². The van der Waals surface area contributed by atoms with E-state index >= 15 is 0 Å². The van der Waals surface area contributed by atoms with Crippen molar-refractivity contribution in [2.75, 3.05) is 6.61 Å². The minimum atomic E-state index is -0.483. The van der Waals surface area contributed by atoms with Crippen LogP contribution in [0.1, 0.15) is 91.9 Å². The highest BCUT2D eigenvalue weighted by molar-refractivity contribution is 5.67. The van der Waals surface area contributed by atoms with Crippen molar-refractivity contribution in [3.8, 4) is 0 Å². The lowest BCUT2D eigenvalue weighted by Crippen LogP contribution is -2.57. The van der Waals surface area contributed by atoms with E-state index in [0.29, 0.717) is 6.42 Å². The molecule has 0 bridgehead atoms. The van der Waals surface area contributed by atoms with E-state index in [2.05, 4.69) is 32.8 Å². The molecule has 24 heavy (non-hydrogen) atoms. The van der Waals surface area contributed by atoms with E-state index in [1.54, 1.807) is 0 Å². The van der Waals surface area contributed by atoms with Crippen LogP contribution in [0, 0.1) is 21.7 Å². The topological polar surface area (TPSA) is 52.7 Å². The van der Waals surface area contributed by atoms with Crippen LogP contribution in [0.3, 0.4) is 0 Å². The Bertz CT molecular complexity index is 458. The summed E-state index contributed by atoms with van der Waals surface area (Å²) in [6.45, 7) is 8.90. The van der Waals surface area contributed by atoms with Crippen molar-refractivity contribution in [1.29, 1.82) is 0 Å². The first-order chi connectivity index (χ1) is 11.5. The Labute approximate surface area is 147 Å². The molecule has 1 heterocycles. The van der Waals surface area contributed by atoms with Crippen LogP contribution >= 0.6 is 0 Å². The van der Waals surface area contributed by atoms with Crippen LogP contribution in [0.2, 0.25) is 0 Å². The predicted molar refractivity (Wildman–Crippen MR) is 99.2 cm³/mol. The Morgan fingerprint density at radius 1 is 1.04 bits per heavy atom. The summed E-state index contributed by atoms with van der Waals surface area (Å²) in [5, 5.41) is 14.4. The molecule has 0 aromatic heterocycles. The van der Waals surface area contributed by atoms with Crippen LogP contribution in [-0.4, -0.2) is 28.3 Å². The Balaban J connectivity index is 2.71. The van der Waals surface area contributed by atoms with E-state index in [0.717, 1.165) is 30.6 Å². The summed E-state index contributed by atoms with van der Waals surface area (Å²) in [4.78, 5) is 14.1. The van der Waals surface area contributed by atoms with Gasteiger partial charge in [-0.25, -0.2) is 0 Å².